The molecule has 1 aromatic carbocycles. The van der Waals surface area contributed by atoms with Crippen LogP contribution in [0, 0.1) is 6.92 Å². The van der Waals surface area contributed by atoms with Gasteiger partial charge in [0.1, 0.15) is 11.6 Å². The van der Waals surface area contributed by atoms with Gasteiger partial charge in [-0.25, -0.2) is 0 Å². The molecule has 0 unspecified atom stereocenters. The number of H-pyrrole nitrogens is 1. The Morgan fingerprint density at radius 3 is 2.69 bits per heavy atom. The van der Waals surface area contributed by atoms with Gasteiger partial charge in [0.15, 0.2) is 0 Å². The van der Waals surface area contributed by atoms with Crippen LogP contribution in [0.3, 0.4) is 0 Å². The van der Waals surface area contributed by atoms with Crippen LogP contribution in [0.1, 0.15) is 5.56 Å². The first kappa shape index (κ1) is 10.9. The molecule has 1 heterocycles. The van der Waals surface area contributed by atoms with E-state index in [1.165, 1.54) is 0 Å². The highest BCUT2D eigenvalue weighted by molar-refractivity contribution is 7.98. The molecule has 0 saturated carbocycles. The summed E-state index contributed by atoms with van der Waals surface area (Å²) >= 11 is 1.62. The zero-order valence-corrected chi connectivity index (χ0v) is 9.93. The third-order valence-electron chi connectivity index (χ3n) is 2.48. The van der Waals surface area contributed by atoms with Crippen LogP contribution in [0.5, 0.6) is 5.75 Å². The van der Waals surface area contributed by atoms with Gasteiger partial charge in [-0.3, -0.25) is 5.10 Å². The van der Waals surface area contributed by atoms with Gasteiger partial charge >= 0.3 is 0 Å². The number of aromatic hydroxyl groups is 1. The number of phenols is 1. The van der Waals surface area contributed by atoms with Crippen molar-refractivity contribution in [3.05, 3.63) is 23.9 Å². The van der Waals surface area contributed by atoms with Gasteiger partial charge < -0.3 is 10.8 Å². The van der Waals surface area contributed by atoms with E-state index in [1.54, 1.807) is 24.0 Å². The van der Waals surface area contributed by atoms with Gasteiger partial charge in [0.25, 0.3) is 0 Å². The van der Waals surface area contributed by atoms with Crippen LogP contribution in [0.2, 0.25) is 0 Å². The van der Waals surface area contributed by atoms with Gasteiger partial charge in [-0.1, -0.05) is 0 Å². The number of nitrogens with two attached hydrogens (primary N) is 1. The van der Waals surface area contributed by atoms with E-state index in [4.69, 9.17) is 5.73 Å². The average Bonchev–Trinajstić information content (AvgIpc) is 2.68. The highest BCUT2D eigenvalue weighted by Gasteiger charge is 2.12. The summed E-state index contributed by atoms with van der Waals surface area (Å²) in [5, 5.41) is 16.3. The predicted molar refractivity (Wildman–Crippen MR) is 66.6 cm³/mol. The molecule has 0 saturated heterocycles. The number of hydrogen-bond acceptors (Lipinski definition) is 4. The molecule has 0 aliphatic carbocycles. The largest absolute Gasteiger partial charge is 0.508 e. The number of benzene rings is 1. The molecule has 2 rings (SSSR count). The molecule has 5 heteroatoms. The number of rotatable bonds is 2. The summed E-state index contributed by atoms with van der Waals surface area (Å²) in [4.78, 5) is 1.07. The number of nitrogen functional groups attached to an aromatic ring is 1. The molecule has 0 spiro atoms. The monoisotopic (exact) mass is 235 g/mol. The zero-order valence-electron chi connectivity index (χ0n) is 9.11. The van der Waals surface area contributed by atoms with Crippen LogP contribution in [-0.2, 0) is 0 Å². The van der Waals surface area contributed by atoms with Crippen LogP contribution in [-0.4, -0.2) is 21.6 Å². The standard InChI is InChI=1S/C11H13N3OS/c1-6-3-10(16-2)7(4-9(6)15)8-5-13-14-11(8)12/h3-5,15H,1-2H3,(H3,12,13,14). The molecular formula is C11H13N3OS. The topological polar surface area (TPSA) is 74.9 Å². The summed E-state index contributed by atoms with van der Waals surface area (Å²) in [7, 11) is 0. The van der Waals surface area contributed by atoms with Crippen molar-refractivity contribution in [1.29, 1.82) is 0 Å². The highest BCUT2D eigenvalue weighted by Crippen LogP contribution is 2.36. The highest BCUT2D eigenvalue weighted by atomic mass is 32.2. The van der Waals surface area contributed by atoms with Gasteiger partial charge in [-0.05, 0) is 30.9 Å². The molecule has 0 bridgehead atoms. The summed E-state index contributed by atoms with van der Waals surface area (Å²) in [6.45, 7) is 1.87. The second-order valence-corrected chi connectivity index (χ2v) is 4.38. The van der Waals surface area contributed by atoms with Crippen LogP contribution < -0.4 is 5.73 Å². The molecule has 16 heavy (non-hydrogen) atoms. The minimum atomic E-state index is 0.272. The van der Waals surface area contributed by atoms with E-state index >= 15 is 0 Å². The Bertz CT molecular complexity index is 522. The van der Waals surface area contributed by atoms with Crippen molar-refractivity contribution in [1.82, 2.24) is 10.2 Å². The molecule has 0 atom stereocenters. The second-order valence-electron chi connectivity index (χ2n) is 3.54. The quantitative estimate of drug-likeness (QED) is 0.699. The van der Waals surface area contributed by atoms with Crippen LogP contribution >= 0.6 is 11.8 Å². The minimum Gasteiger partial charge on any atom is -0.508 e. The Kier molecular flexibility index (Phi) is 2.78. The molecule has 0 fully saturated rings. The maximum atomic E-state index is 9.73. The molecule has 0 amide bonds. The molecule has 0 aliphatic rings. The van der Waals surface area contributed by atoms with Crippen LogP contribution in [0.4, 0.5) is 5.82 Å². The number of aromatic amines is 1. The fourth-order valence-corrected chi connectivity index (χ4v) is 2.24. The SMILES string of the molecule is CSc1cc(C)c(O)cc1-c1cn[nH]c1N. The van der Waals surface area contributed by atoms with E-state index in [-0.39, 0.29) is 5.75 Å². The smallest absolute Gasteiger partial charge is 0.126 e. The molecule has 0 radical (unpaired) electrons. The summed E-state index contributed by atoms with van der Waals surface area (Å²) in [5.41, 5.74) is 8.36. The molecule has 84 valence electrons. The van der Waals surface area contributed by atoms with Gasteiger partial charge in [-0.2, -0.15) is 5.10 Å². The molecular weight excluding hydrogens is 222 g/mol. The van der Waals surface area contributed by atoms with E-state index in [9.17, 15) is 5.11 Å². The summed E-state index contributed by atoms with van der Waals surface area (Å²) in [6.07, 6.45) is 3.66. The van der Waals surface area contributed by atoms with Gasteiger partial charge in [0, 0.05) is 16.0 Å². The van der Waals surface area contributed by atoms with Crippen molar-refractivity contribution >= 4 is 17.6 Å². The third kappa shape index (κ3) is 1.74. The Labute approximate surface area is 97.9 Å². The first-order chi connectivity index (χ1) is 7.63. The number of phenolic OH excluding ortho intramolecular Hbond substituents is 1. The number of nitrogens with zero attached hydrogens (tertiary/aromatic N) is 1. The number of hydrogen-bond donors (Lipinski definition) is 3. The lowest BCUT2D eigenvalue weighted by Crippen LogP contribution is -1.90. The number of aromatic nitrogens is 2. The fourth-order valence-electron chi connectivity index (χ4n) is 1.56. The number of nitrogens with one attached hydrogen (secondary N) is 1. The average molecular weight is 235 g/mol. The van der Waals surface area contributed by atoms with Crippen molar-refractivity contribution in [3.8, 4) is 16.9 Å². The van der Waals surface area contributed by atoms with Gasteiger partial charge in [-0.15, -0.1) is 11.8 Å². The van der Waals surface area contributed by atoms with E-state index < -0.39 is 0 Å². The maximum Gasteiger partial charge on any atom is 0.126 e. The van der Waals surface area contributed by atoms with E-state index in [0.717, 1.165) is 21.6 Å². The first-order valence-electron chi connectivity index (χ1n) is 4.80. The van der Waals surface area contributed by atoms with E-state index in [1.807, 2.05) is 19.2 Å². The van der Waals surface area contributed by atoms with Crippen molar-refractivity contribution in [2.45, 2.75) is 11.8 Å². The van der Waals surface area contributed by atoms with Crippen molar-refractivity contribution < 1.29 is 5.11 Å². The minimum absolute atomic E-state index is 0.272. The van der Waals surface area contributed by atoms with Gasteiger partial charge in [0.05, 0.1) is 6.20 Å². The molecule has 0 aliphatic heterocycles. The van der Waals surface area contributed by atoms with Crippen LogP contribution in [0.25, 0.3) is 11.1 Å². The Balaban J connectivity index is 2.64. The molecule has 4 N–H and O–H groups in total. The Morgan fingerprint density at radius 2 is 2.12 bits per heavy atom. The predicted octanol–water partition coefficient (Wildman–Crippen LogP) is 2.39. The lowest BCUT2D eigenvalue weighted by atomic mass is 10.1. The fraction of sp³-hybridized carbons (Fsp3) is 0.182. The van der Waals surface area contributed by atoms with Crippen molar-refractivity contribution in [3.63, 3.8) is 0 Å². The van der Waals surface area contributed by atoms with E-state index in [2.05, 4.69) is 10.2 Å². The van der Waals surface area contributed by atoms with Gasteiger partial charge in [0.2, 0.25) is 0 Å². The normalized spacial score (nSPS) is 10.6. The van der Waals surface area contributed by atoms with E-state index in [0.29, 0.717) is 5.82 Å². The molecule has 1 aromatic heterocycles. The molecule has 4 nitrogen and oxygen atoms in total. The number of anilines is 1. The lowest BCUT2D eigenvalue weighted by molar-refractivity contribution is 0.471. The summed E-state index contributed by atoms with van der Waals surface area (Å²) < 4.78 is 0. The van der Waals surface area contributed by atoms with Crippen LogP contribution in [0.15, 0.2) is 23.2 Å². The molecule has 2 aromatic rings. The second kappa shape index (κ2) is 4.09. The Hall–Kier alpha value is -1.62. The summed E-state index contributed by atoms with van der Waals surface area (Å²) in [5.74, 6) is 0.784. The summed E-state index contributed by atoms with van der Waals surface area (Å²) in [6, 6.07) is 3.67. The number of aryl methyl sites for hydroxylation is 1. The first-order valence-corrected chi connectivity index (χ1v) is 6.02. The maximum absolute atomic E-state index is 9.73. The number of thioether (sulfide) groups is 1. The van der Waals surface area contributed by atoms with Crippen molar-refractivity contribution in [2.24, 2.45) is 0 Å². The lowest BCUT2D eigenvalue weighted by Gasteiger charge is -2.09. The van der Waals surface area contributed by atoms with Crippen molar-refractivity contribution in [2.75, 3.05) is 12.0 Å². The zero-order chi connectivity index (χ0) is 11.7. The third-order valence-corrected chi connectivity index (χ3v) is 3.25. The Morgan fingerprint density at radius 1 is 1.38 bits per heavy atom.